The molecule has 0 unspecified atom stereocenters. The van der Waals surface area contributed by atoms with Crippen LogP contribution >= 0.6 is 0 Å². The van der Waals surface area contributed by atoms with Crippen molar-refractivity contribution in [2.75, 3.05) is 38.0 Å². The zero-order chi connectivity index (χ0) is 21.2. The summed E-state index contributed by atoms with van der Waals surface area (Å²) in [6.07, 6.45) is 0. The maximum absolute atomic E-state index is 11.3. The molecule has 29 heavy (non-hydrogen) atoms. The quantitative estimate of drug-likeness (QED) is 0.628. The summed E-state index contributed by atoms with van der Waals surface area (Å²) in [5.41, 5.74) is 11.3. The standard InChI is InChI=1S/C24H27N3O2/c1-26(2)21-13-9-19(10-14-21)24(25,18-7-5-17(6-8-18)23(28)29)20-11-15-22(16-12-20)27(3)4/h5-16H,25H2,1-4H3,(H,28,29). The molecule has 0 saturated carbocycles. The molecule has 0 amide bonds. The lowest BCUT2D eigenvalue weighted by Gasteiger charge is -2.32. The third-order valence-electron chi connectivity index (χ3n) is 5.27. The maximum Gasteiger partial charge on any atom is 0.335 e. The SMILES string of the molecule is CN(C)c1ccc(C(N)(c2ccc(C(=O)O)cc2)c2ccc(N(C)C)cc2)cc1. The zero-order valence-electron chi connectivity index (χ0n) is 17.3. The first kappa shape index (κ1) is 20.4. The first-order valence-corrected chi connectivity index (χ1v) is 9.42. The molecule has 5 heteroatoms. The van der Waals surface area contributed by atoms with E-state index in [4.69, 9.17) is 5.73 Å². The van der Waals surface area contributed by atoms with Crippen LogP contribution in [0.1, 0.15) is 27.0 Å². The molecule has 0 aliphatic rings. The second-order valence-electron chi connectivity index (χ2n) is 7.57. The van der Waals surface area contributed by atoms with E-state index in [0.717, 1.165) is 28.1 Å². The molecule has 0 radical (unpaired) electrons. The summed E-state index contributed by atoms with van der Waals surface area (Å²) < 4.78 is 0. The first-order valence-electron chi connectivity index (χ1n) is 9.42. The van der Waals surface area contributed by atoms with Crippen LogP contribution in [0.25, 0.3) is 0 Å². The molecule has 150 valence electrons. The van der Waals surface area contributed by atoms with Gasteiger partial charge in [-0.05, 0) is 53.1 Å². The molecule has 0 bridgehead atoms. The fourth-order valence-electron chi connectivity index (χ4n) is 3.42. The number of carboxylic acid groups (broad SMARTS) is 1. The molecule has 0 spiro atoms. The van der Waals surface area contributed by atoms with Crippen molar-refractivity contribution in [3.8, 4) is 0 Å². The molecular weight excluding hydrogens is 362 g/mol. The smallest absolute Gasteiger partial charge is 0.335 e. The fourth-order valence-corrected chi connectivity index (χ4v) is 3.42. The number of rotatable bonds is 6. The van der Waals surface area contributed by atoms with E-state index in [1.165, 1.54) is 0 Å². The van der Waals surface area contributed by atoms with Gasteiger partial charge < -0.3 is 20.6 Å². The van der Waals surface area contributed by atoms with Gasteiger partial charge in [-0.2, -0.15) is 0 Å². The number of nitrogens with two attached hydrogens (primary N) is 1. The van der Waals surface area contributed by atoms with E-state index in [1.807, 2.05) is 86.5 Å². The third kappa shape index (κ3) is 3.96. The van der Waals surface area contributed by atoms with Crippen LogP contribution in [0.3, 0.4) is 0 Å². The fraction of sp³-hybridized carbons (Fsp3) is 0.208. The van der Waals surface area contributed by atoms with Crippen molar-refractivity contribution in [3.05, 3.63) is 95.1 Å². The summed E-state index contributed by atoms with van der Waals surface area (Å²) in [5, 5.41) is 9.24. The van der Waals surface area contributed by atoms with E-state index in [-0.39, 0.29) is 5.56 Å². The van der Waals surface area contributed by atoms with Crippen molar-refractivity contribution in [1.29, 1.82) is 0 Å². The van der Waals surface area contributed by atoms with E-state index in [0.29, 0.717) is 0 Å². The third-order valence-corrected chi connectivity index (χ3v) is 5.27. The highest BCUT2D eigenvalue weighted by Crippen LogP contribution is 2.36. The number of carbonyl (C=O) groups is 1. The highest BCUT2D eigenvalue weighted by atomic mass is 16.4. The molecule has 0 atom stereocenters. The molecule has 0 aliphatic heterocycles. The van der Waals surface area contributed by atoms with Crippen molar-refractivity contribution in [2.24, 2.45) is 5.73 Å². The van der Waals surface area contributed by atoms with Gasteiger partial charge in [0.25, 0.3) is 0 Å². The normalized spacial score (nSPS) is 11.2. The van der Waals surface area contributed by atoms with Crippen LogP contribution in [-0.2, 0) is 5.54 Å². The number of nitrogens with zero attached hydrogens (tertiary/aromatic N) is 2. The number of benzene rings is 3. The second kappa shape index (κ2) is 7.97. The summed E-state index contributed by atoms with van der Waals surface area (Å²) in [6, 6.07) is 23.1. The van der Waals surface area contributed by atoms with Crippen molar-refractivity contribution < 1.29 is 9.90 Å². The van der Waals surface area contributed by atoms with Gasteiger partial charge in [-0.25, -0.2) is 4.79 Å². The van der Waals surface area contributed by atoms with Gasteiger partial charge in [0.05, 0.1) is 11.1 Å². The summed E-state index contributed by atoms with van der Waals surface area (Å²) in [6.45, 7) is 0. The van der Waals surface area contributed by atoms with Crippen LogP contribution in [0.5, 0.6) is 0 Å². The Morgan fingerprint density at radius 3 is 1.28 bits per heavy atom. The molecule has 3 N–H and O–H groups in total. The van der Waals surface area contributed by atoms with E-state index < -0.39 is 11.5 Å². The van der Waals surface area contributed by atoms with Crippen LogP contribution < -0.4 is 15.5 Å². The maximum atomic E-state index is 11.3. The minimum absolute atomic E-state index is 0.238. The number of carboxylic acids is 1. The molecule has 5 nitrogen and oxygen atoms in total. The van der Waals surface area contributed by atoms with Crippen molar-refractivity contribution in [1.82, 2.24) is 0 Å². The van der Waals surface area contributed by atoms with Crippen LogP contribution in [0.15, 0.2) is 72.8 Å². The summed E-state index contributed by atoms with van der Waals surface area (Å²) in [7, 11) is 7.98. The molecule has 3 aromatic carbocycles. The lowest BCUT2D eigenvalue weighted by Crippen LogP contribution is -2.39. The molecule has 3 aromatic rings. The lowest BCUT2D eigenvalue weighted by molar-refractivity contribution is 0.0697. The van der Waals surface area contributed by atoms with Crippen molar-refractivity contribution >= 4 is 17.3 Å². The van der Waals surface area contributed by atoms with Gasteiger partial charge in [-0.1, -0.05) is 36.4 Å². The molecule has 3 rings (SSSR count). The Balaban J connectivity index is 2.15. The predicted octanol–water partition coefficient (Wildman–Crippen LogP) is 3.77. The van der Waals surface area contributed by atoms with E-state index in [9.17, 15) is 9.90 Å². The van der Waals surface area contributed by atoms with Crippen LogP contribution in [0.2, 0.25) is 0 Å². The predicted molar refractivity (Wildman–Crippen MR) is 119 cm³/mol. The topological polar surface area (TPSA) is 69.8 Å². The van der Waals surface area contributed by atoms with E-state index in [1.54, 1.807) is 24.3 Å². The van der Waals surface area contributed by atoms with Gasteiger partial charge in [0.1, 0.15) is 0 Å². The van der Waals surface area contributed by atoms with Crippen molar-refractivity contribution in [3.63, 3.8) is 0 Å². The highest BCUT2D eigenvalue weighted by molar-refractivity contribution is 5.87. The van der Waals surface area contributed by atoms with Gasteiger partial charge in [0.2, 0.25) is 0 Å². The molecule has 0 heterocycles. The Morgan fingerprint density at radius 2 is 1.00 bits per heavy atom. The Hall–Kier alpha value is -3.31. The summed E-state index contributed by atoms with van der Waals surface area (Å²) in [4.78, 5) is 15.3. The molecule has 0 aromatic heterocycles. The minimum atomic E-state index is -0.954. The summed E-state index contributed by atoms with van der Waals surface area (Å²) in [5.74, 6) is -0.954. The van der Waals surface area contributed by atoms with Crippen molar-refractivity contribution in [2.45, 2.75) is 5.54 Å². The highest BCUT2D eigenvalue weighted by Gasteiger charge is 2.32. The molecule has 0 fully saturated rings. The Labute approximate surface area is 172 Å². The minimum Gasteiger partial charge on any atom is -0.478 e. The largest absolute Gasteiger partial charge is 0.478 e. The first-order chi connectivity index (χ1) is 13.7. The van der Waals surface area contributed by atoms with E-state index >= 15 is 0 Å². The Bertz CT molecular complexity index is 925. The van der Waals surface area contributed by atoms with Crippen LogP contribution in [0.4, 0.5) is 11.4 Å². The average Bonchev–Trinajstić information content (AvgIpc) is 2.73. The Morgan fingerprint density at radius 1 is 0.690 bits per heavy atom. The average molecular weight is 389 g/mol. The van der Waals surface area contributed by atoms with Gasteiger partial charge in [0, 0.05) is 39.6 Å². The van der Waals surface area contributed by atoms with Gasteiger partial charge in [0.15, 0.2) is 0 Å². The number of anilines is 2. The monoisotopic (exact) mass is 389 g/mol. The van der Waals surface area contributed by atoms with Gasteiger partial charge >= 0.3 is 5.97 Å². The van der Waals surface area contributed by atoms with Gasteiger partial charge in [-0.15, -0.1) is 0 Å². The summed E-state index contributed by atoms with van der Waals surface area (Å²) >= 11 is 0. The lowest BCUT2D eigenvalue weighted by atomic mass is 9.77. The number of hydrogen-bond donors (Lipinski definition) is 2. The van der Waals surface area contributed by atoms with Crippen LogP contribution in [-0.4, -0.2) is 39.3 Å². The van der Waals surface area contributed by atoms with Crippen LogP contribution in [0, 0.1) is 0 Å². The molecule has 0 aliphatic carbocycles. The molecular formula is C24H27N3O2. The number of aromatic carboxylic acids is 1. The zero-order valence-corrected chi connectivity index (χ0v) is 17.3. The Kier molecular flexibility index (Phi) is 5.62. The second-order valence-corrected chi connectivity index (χ2v) is 7.57. The van der Waals surface area contributed by atoms with E-state index in [2.05, 4.69) is 0 Å². The van der Waals surface area contributed by atoms with Gasteiger partial charge in [-0.3, -0.25) is 0 Å². The number of hydrogen-bond acceptors (Lipinski definition) is 4. The molecule has 0 saturated heterocycles.